The Morgan fingerprint density at radius 3 is 2.19 bits per heavy atom. The molecule has 1 aliphatic rings. The predicted octanol–water partition coefficient (Wildman–Crippen LogP) is 1.52. The van der Waals surface area contributed by atoms with Gasteiger partial charge >= 0.3 is 23.7 Å². The molecule has 21 heavy (non-hydrogen) atoms. The molecule has 5 nitrogen and oxygen atoms in total. The van der Waals surface area contributed by atoms with Crippen LogP contribution in [0.15, 0.2) is 24.3 Å². The Morgan fingerprint density at radius 1 is 1.10 bits per heavy atom. The van der Waals surface area contributed by atoms with Crippen LogP contribution < -0.4 is 0 Å². The maximum absolute atomic E-state index is 13.4. The van der Waals surface area contributed by atoms with Crippen LogP contribution in [0, 0.1) is 0 Å². The number of nitrogens with zero attached hydrogens (tertiary/aromatic N) is 1. The standard InChI is InChI=1S/C12H7F4NO4/c13-11(14,12(15,16)10(20)21)9(19)17-5-6-3-1-2-4-7(6)8(17)18/h1-4H,5H2,(H,20,21). The van der Waals surface area contributed by atoms with Gasteiger partial charge in [0.1, 0.15) is 0 Å². The first-order valence-corrected chi connectivity index (χ1v) is 5.54. The fraction of sp³-hybridized carbons (Fsp3) is 0.250. The SMILES string of the molecule is O=C1c2ccccc2CN1C(=O)C(F)(F)C(F)(F)C(=O)O. The fourth-order valence-electron chi connectivity index (χ4n) is 1.86. The lowest BCUT2D eigenvalue weighted by Gasteiger charge is -2.25. The molecule has 0 fully saturated rings. The van der Waals surface area contributed by atoms with Gasteiger partial charge in [0, 0.05) is 5.56 Å². The second-order valence-corrected chi connectivity index (χ2v) is 4.31. The van der Waals surface area contributed by atoms with Gasteiger partial charge in [-0.25, -0.2) is 4.79 Å². The summed E-state index contributed by atoms with van der Waals surface area (Å²) < 4.78 is 52.8. The number of carboxylic acids is 1. The third-order valence-electron chi connectivity index (χ3n) is 3.00. The minimum Gasteiger partial charge on any atom is -0.477 e. The summed E-state index contributed by atoms with van der Waals surface area (Å²) in [7, 11) is 0. The number of carbonyl (C=O) groups excluding carboxylic acids is 2. The number of halogens is 4. The van der Waals surface area contributed by atoms with Crippen molar-refractivity contribution in [3.63, 3.8) is 0 Å². The maximum Gasteiger partial charge on any atom is 0.413 e. The summed E-state index contributed by atoms with van der Waals surface area (Å²) in [4.78, 5) is 33.4. The molecule has 0 radical (unpaired) electrons. The molecule has 1 aliphatic heterocycles. The number of hydrogen-bond acceptors (Lipinski definition) is 3. The fourth-order valence-corrected chi connectivity index (χ4v) is 1.86. The highest BCUT2D eigenvalue weighted by atomic mass is 19.3. The van der Waals surface area contributed by atoms with Crippen LogP contribution >= 0.6 is 0 Å². The Balaban J connectivity index is 2.35. The van der Waals surface area contributed by atoms with Gasteiger partial charge < -0.3 is 5.11 Å². The van der Waals surface area contributed by atoms with E-state index in [0.29, 0.717) is 0 Å². The number of benzene rings is 1. The largest absolute Gasteiger partial charge is 0.477 e. The van der Waals surface area contributed by atoms with Crippen molar-refractivity contribution in [1.82, 2.24) is 4.90 Å². The molecule has 9 heteroatoms. The zero-order valence-electron chi connectivity index (χ0n) is 10.1. The number of imide groups is 1. The molecule has 0 atom stereocenters. The topological polar surface area (TPSA) is 74.7 Å². The monoisotopic (exact) mass is 305 g/mol. The summed E-state index contributed by atoms with van der Waals surface area (Å²) in [6.45, 7) is -0.612. The minimum atomic E-state index is -5.61. The minimum absolute atomic E-state index is 0.0692. The van der Waals surface area contributed by atoms with Crippen molar-refractivity contribution >= 4 is 17.8 Å². The molecule has 1 aromatic rings. The summed E-state index contributed by atoms with van der Waals surface area (Å²) >= 11 is 0. The molecule has 2 amide bonds. The van der Waals surface area contributed by atoms with Crippen LogP contribution in [-0.4, -0.2) is 39.6 Å². The molecule has 0 saturated carbocycles. The number of carbonyl (C=O) groups is 3. The summed E-state index contributed by atoms with van der Waals surface area (Å²) in [6.07, 6.45) is 0. The van der Waals surface area contributed by atoms with Crippen molar-refractivity contribution in [2.45, 2.75) is 18.4 Å². The van der Waals surface area contributed by atoms with Crippen molar-refractivity contribution in [1.29, 1.82) is 0 Å². The summed E-state index contributed by atoms with van der Waals surface area (Å²) in [5, 5.41) is 8.12. The van der Waals surface area contributed by atoms with E-state index in [-0.39, 0.29) is 16.0 Å². The Morgan fingerprint density at radius 2 is 1.67 bits per heavy atom. The van der Waals surface area contributed by atoms with Gasteiger partial charge in [0.15, 0.2) is 0 Å². The number of rotatable bonds is 3. The maximum atomic E-state index is 13.4. The average molecular weight is 305 g/mol. The Labute approximate surface area is 114 Å². The summed E-state index contributed by atoms with van der Waals surface area (Å²) in [5.74, 6) is -18.0. The van der Waals surface area contributed by atoms with Gasteiger partial charge in [0.2, 0.25) is 0 Å². The average Bonchev–Trinajstić information content (AvgIpc) is 2.75. The number of amides is 2. The van der Waals surface area contributed by atoms with E-state index in [0.717, 1.165) is 0 Å². The number of alkyl halides is 4. The van der Waals surface area contributed by atoms with Crippen molar-refractivity contribution in [3.8, 4) is 0 Å². The third-order valence-corrected chi connectivity index (χ3v) is 3.00. The molecule has 1 heterocycles. The van der Waals surface area contributed by atoms with Crippen molar-refractivity contribution in [3.05, 3.63) is 35.4 Å². The second kappa shape index (κ2) is 4.54. The first-order chi connectivity index (χ1) is 9.60. The van der Waals surface area contributed by atoms with Crippen LogP contribution in [0.2, 0.25) is 0 Å². The Hall–Kier alpha value is -2.45. The molecule has 1 aromatic carbocycles. The van der Waals surface area contributed by atoms with Gasteiger partial charge in [-0.15, -0.1) is 0 Å². The third kappa shape index (κ3) is 2.05. The Kier molecular flexibility index (Phi) is 3.23. The van der Waals surface area contributed by atoms with Gasteiger partial charge in [0.25, 0.3) is 5.91 Å². The zero-order chi connectivity index (χ0) is 16.0. The van der Waals surface area contributed by atoms with E-state index >= 15 is 0 Å². The molecule has 0 spiro atoms. The van der Waals surface area contributed by atoms with Gasteiger partial charge in [-0.2, -0.15) is 17.6 Å². The lowest BCUT2D eigenvalue weighted by atomic mass is 10.1. The quantitative estimate of drug-likeness (QED) is 0.859. The number of fused-ring (bicyclic) bond motifs is 1. The first kappa shape index (κ1) is 14.9. The number of hydrogen-bond donors (Lipinski definition) is 1. The van der Waals surface area contributed by atoms with Gasteiger partial charge in [0.05, 0.1) is 6.54 Å². The van der Waals surface area contributed by atoms with Crippen LogP contribution in [0.25, 0.3) is 0 Å². The van der Waals surface area contributed by atoms with Crippen molar-refractivity contribution < 1.29 is 37.1 Å². The van der Waals surface area contributed by atoms with E-state index in [1.54, 1.807) is 0 Å². The first-order valence-electron chi connectivity index (χ1n) is 5.54. The second-order valence-electron chi connectivity index (χ2n) is 4.31. The highest BCUT2D eigenvalue weighted by Crippen LogP contribution is 2.38. The molecule has 0 unspecified atom stereocenters. The molecular formula is C12H7F4NO4. The summed E-state index contributed by atoms with van der Waals surface area (Å²) in [6, 6.07) is 5.51. The highest BCUT2D eigenvalue weighted by molar-refractivity contribution is 6.10. The van der Waals surface area contributed by atoms with Gasteiger partial charge in [-0.3, -0.25) is 14.5 Å². The molecule has 112 valence electrons. The highest BCUT2D eigenvalue weighted by Gasteiger charge is 2.69. The molecule has 0 bridgehead atoms. The van der Waals surface area contributed by atoms with E-state index < -0.39 is 36.2 Å². The molecule has 0 saturated heterocycles. The van der Waals surface area contributed by atoms with E-state index in [9.17, 15) is 31.9 Å². The molecule has 1 N–H and O–H groups in total. The normalized spacial score (nSPS) is 15.0. The van der Waals surface area contributed by atoms with Crippen molar-refractivity contribution in [2.75, 3.05) is 0 Å². The van der Waals surface area contributed by atoms with Crippen LogP contribution in [0.1, 0.15) is 15.9 Å². The molecule has 0 aliphatic carbocycles. The predicted molar refractivity (Wildman–Crippen MR) is 58.9 cm³/mol. The summed E-state index contributed by atoms with van der Waals surface area (Å²) in [5.41, 5.74) is 0.144. The van der Waals surface area contributed by atoms with E-state index in [2.05, 4.69) is 0 Å². The lowest BCUT2D eigenvalue weighted by Crippen LogP contribution is -2.57. The smallest absolute Gasteiger partial charge is 0.413 e. The molecular weight excluding hydrogens is 298 g/mol. The lowest BCUT2D eigenvalue weighted by molar-refractivity contribution is -0.226. The Bertz CT molecular complexity index is 644. The van der Waals surface area contributed by atoms with E-state index in [4.69, 9.17) is 5.11 Å². The van der Waals surface area contributed by atoms with Gasteiger partial charge in [-0.05, 0) is 11.6 Å². The van der Waals surface area contributed by atoms with Crippen LogP contribution in [0.5, 0.6) is 0 Å². The number of aliphatic carboxylic acids is 1. The molecule has 2 rings (SSSR count). The van der Waals surface area contributed by atoms with E-state index in [1.807, 2.05) is 0 Å². The van der Waals surface area contributed by atoms with Crippen LogP contribution in [-0.2, 0) is 16.1 Å². The van der Waals surface area contributed by atoms with Crippen molar-refractivity contribution in [2.24, 2.45) is 0 Å². The van der Waals surface area contributed by atoms with Gasteiger partial charge in [-0.1, -0.05) is 18.2 Å². The number of carboxylic acid groups (broad SMARTS) is 1. The molecule has 0 aromatic heterocycles. The van der Waals surface area contributed by atoms with Crippen LogP contribution in [0.4, 0.5) is 17.6 Å². The van der Waals surface area contributed by atoms with Crippen LogP contribution in [0.3, 0.4) is 0 Å². The zero-order valence-corrected chi connectivity index (χ0v) is 10.1. The van der Waals surface area contributed by atoms with E-state index in [1.165, 1.54) is 24.3 Å².